The summed E-state index contributed by atoms with van der Waals surface area (Å²) in [6.07, 6.45) is 0.397. The summed E-state index contributed by atoms with van der Waals surface area (Å²) in [7, 11) is 5.26. The monoisotopic (exact) mass is 324 g/mol. The fourth-order valence-corrected chi connectivity index (χ4v) is 8.04. The first kappa shape index (κ1) is 14.1. The third kappa shape index (κ3) is 3.59. The number of amides is 4. The molecule has 2 heterocycles. The molecule has 2 fully saturated rings. The molecule has 0 bridgehead atoms. The van der Waals surface area contributed by atoms with E-state index in [1.54, 1.807) is 0 Å². The first-order chi connectivity index (χ1) is 8.56. The van der Waals surface area contributed by atoms with Crippen LogP contribution in [0, 0.1) is 0 Å². The quantitative estimate of drug-likeness (QED) is 0.429. The molecule has 0 radical (unpaired) electrons. The van der Waals surface area contributed by atoms with E-state index in [2.05, 4.69) is 10.6 Å². The van der Waals surface area contributed by atoms with Crippen LogP contribution in [-0.4, -0.2) is 34.1 Å². The van der Waals surface area contributed by atoms with Crippen molar-refractivity contribution in [2.24, 2.45) is 0 Å². The van der Waals surface area contributed by atoms with Gasteiger partial charge in [-0.1, -0.05) is 21.6 Å². The Labute approximate surface area is 118 Å². The number of nitrogens with one attached hydrogen (secondary N) is 2. The summed E-state index contributed by atoms with van der Waals surface area (Å²) in [5.74, 6) is -1.04. The average Bonchev–Trinajstić information content (AvgIpc) is 2.77. The maximum absolute atomic E-state index is 11.2. The molecule has 4 amide bonds. The molecule has 2 rings (SSSR count). The molecule has 0 saturated carbocycles. The third-order valence-electron chi connectivity index (χ3n) is 2.19. The highest BCUT2D eigenvalue weighted by atomic mass is 33.7. The highest BCUT2D eigenvalue weighted by molar-refractivity contribution is 9.26. The normalized spacial score (nSPS) is 27.6. The number of imide groups is 2. The van der Waals surface area contributed by atoms with E-state index in [0.717, 1.165) is 0 Å². The van der Waals surface area contributed by atoms with Gasteiger partial charge < -0.3 is 0 Å². The third-order valence-corrected chi connectivity index (χ3v) is 9.08. The Kier molecular flexibility index (Phi) is 4.87. The second-order valence-electron chi connectivity index (χ2n) is 3.54. The van der Waals surface area contributed by atoms with Gasteiger partial charge in [0.2, 0.25) is 23.6 Å². The van der Waals surface area contributed by atoms with Crippen LogP contribution >= 0.6 is 41.2 Å². The van der Waals surface area contributed by atoms with E-state index >= 15 is 0 Å². The van der Waals surface area contributed by atoms with Crippen LogP contribution in [0.2, 0.25) is 0 Å². The first-order valence-electron chi connectivity index (χ1n) is 4.89. The predicted molar refractivity (Wildman–Crippen MR) is 73.5 cm³/mol. The molecule has 18 heavy (non-hydrogen) atoms. The lowest BCUT2D eigenvalue weighted by atomic mass is 10.4. The van der Waals surface area contributed by atoms with Gasteiger partial charge in [-0.2, -0.15) is 0 Å². The minimum atomic E-state index is -0.366. The molecule has 6 nitrogen and oxygen atoms in total. The van der Waals surface area contributed by atoms with Crippen molar-refractivity contribution in [2.75, 3.05) is 0 Å². The number of carbonyl (C=O) groups excluding carboxylic acids is 4. The van der Waals surface area contributed by atoms with Gasteiger partial charge >= 0.3 is 0 Å². The van der Waals surface area contributed by atoms with Crippen molar-refractivity contribution in [3.8, 4) is 0 Å². The average molecular weight is 324 g/mol. The zero-order chi connectivity index (χ0) is 13.1. The summed E-state index contributed by atoms with van der Waals surface area (Å²) in [6.45, 7) is 0. The van der Waals surface area contributed by atoms with Crippen molar-refractivity contribution in [1.82, 2.24) is 10.6 Å². The Balaban J connectivity index is 1.64. The minimum Gasteiger partial charge on any atom is -0.295 e. The van der Waals surface area contributed by atoms with Crippen LogP contribution in [0.5, 0.6) is 0 Å². The molecule has 2 atom stereocenters. The molecule has 98 valence electrons. The molecule has 2 unspecified atom stereocenters. The van der Waals surface area contributed by atoms with E-state index in [9.17, 15) is 19.2 Å². The van der Waals surface area contributed by atoms with Crippen molar-refractivity contribution in [2.45, 2.75) is 23.3 Å². The summed E-state index contributed by atoms with van der Waals surface area (Å²) in [5.41, 5.74) is 0. The molecule has 0 aliphatic carbocycles. The minimum absolute atomic E-state index is 0.199. The van der Waals surface area contributed by atoms with Gasteiger partial charge in [-0.3, -0.25) is 29.8 Å². The first-order valence-corrected chi connectivity index (χ1v) is 9.83. The highest BCUT2D eigenvalue weighted by Gasteiger charge is 2.33. The summed E-state index contributed by atoms with van der Waals surface area (Å²) in [6, 6.07) is 0. The van der Waals surface area contributed by atoms with Crippen LogP contribution in [-0.2, 0) is 19.2 Å². The van der Waals surface area contributed by atoms with Crippen LogP contribution in [0.1, 0.15) is 12.8 Å². The standard InChI is InChI=1S/C8H8N2O4S4/c11-5-1-3(7(13)9-5)15-17-18-16-4-2-6(12)10-8(4)14/h3-4H,1-2H2,(H,9,11,13)(H,10,12,14). The molecule has 2 aliphatic rings. The molecule has 0 aromatic rings. The Morgan fingerprint density at radius 3 is 1.44 bits per heavy atom. The van der Waals surface area contributed by atoms with Gasteiger partial charge in [0.15, 0.2) is 0 Å². The lowest BCUT2D eigenvalue weighted by Crippen LogP contribution is -2.22. The van der Waals surface area contributed by atoms with Gasteiger partial charge in [0, 0.05) is 12.8 Å². The highest BCUT2D eigenvalue weighted by Crippen LogP contribution is 2.48. The van der Waals surface area contributed by atoms with Crippen molar-refractivity contribution < 1.29 is 19.2 Å². The molecular formula is C8H8N2O4S4. The van der Waals surface area contributed by atoms with Gasteiger partial charge in [0.05, 0.1) is 0 Å². The van der Waals surface area contributed by atoms with E-state index in [4.69, 9.17) is 0 Å². The lowest BCUT2D eigenvalue weighted by Gasteiger charge is -2.05. The van der Waals surface area contributed by atoms with Gasteiger partial charge in [-0.25, -0.2) is 0 Å². The summed E-state index contributed by atoms with van der Waals surface area (Å²) in [5, 5.41) is 3.72. The van der Waals surface area contributed by atoms with Crippen molar-refractivity contribution in [1.29, 1.82) is 0 Å². The molecular weight excluding hydrogens is 316 g/mol. The van der Waals surface area contributed by atoms with E-state index in [0.29, 0.717) is 0 Å². The second kappa shape index (κ2) is 6.22. The predicted octanol–water partition coefficient (Wildman–Crippen LogP) is 0.494. The van der Waals surface area contributed by atoms with Crippen LogP contribution in [0.4, 0.5) is 0 Å². The van der Waals surface area contributed by atoms with Crippen LogP contribution < -0.4 is 10.6 Å². The zero-order valence-electron chi connectivity index (χ0n) is 8.83. The van der Waals surface area contributed by atoms with Crippen molar-refractivity contribution in [3.63, 3.8) is 0 Å². The van der Waals surface area contributed by atoms with E-state index in [1.165, 1.54) is 41.2 Å². The van der Waals surface area contributed by atoms with Gasteiger partial charge in [0.1, 0.15) is 10.5 Å². The zero-order valence-corrected chi connectivity index (χ0v) is 12.1. The fourth-order valence-electron chi connectivity index (χ4n) is 1.34. The largest absolute Gasteiger partial charge is 0.295 e. The van der Waals surface area contributed by atoms with Gasteiger partial charge in [0.25, 0.3) is 0 Å². The topological polar surface area (TPSA) is 92.3 Å². The molecule has 2 aliphatic heterocycles. The van der Waals surface area contributed by atoms with E-state index < -0.39 is 0 Å². The summed E-state index contributed by atoms with van der Waals surface area (Å²) < 4.78 is 0. The van der Waals surface area contributed by atoms with E-state index in [1.807, 2.05) is 0 Å². The molecule has 10 heteroatoms. The Morgan fingerprint density at radius 1 is 0.778 bits per heavy atom. The summed E-state index contributed by atoms with van der Waals surface area (Å²) in [4.78, 5) is 44.3. The Morgan fingerprint density at radius 2 is 1.17 bits per heavy atom. The maximum atomic E-state index is 11.2. The second-order valence-corrected chi connectivity index (χ2v) is 9.75. The number of hydrogen-bond acceptors (Lipinski definition) is 8. The number of carbonyl (C=O) groups is 4. The maximum Gasteiger partial charge on any atom is 0.241 e. The molecule has 0 aromatic carbocycles. The van der Waals surface area contributed by atoms with Gasteiger partial charge in [-0.15, -0.1) is 0 Å². The van der Waals surface area contributed by atoms with E-state index in [-0.39, 0.29) is 47.0 Å². The van der Waals surface area contributed by atoms with Crippen molar-refractivity contribution >= 4 is 64.9 Å². The lowest BCUT2D eigenvalue weighted by molar-refractivity contribution is -0.126. The van der Waals surface area contributed by atoms with Crippen LogP contribution in [0.15, 0.2) is 0 Å². The molecule has 2 saturated heterocycles. The fraction of sp³-hybridized carbons (Fsp3) is 0.500. The molecule has 2 N–H and O–H groups in total. The number of rotatable bonds is 5. The molecule has 0 aromatic heterocycles. The van der Waals surface area contributed by atoms with Crippen LogP contribution in [0.3, 0.4) is 0 Å². The number of hydrogen-bond donors (Lipinski definition) is 2. The SMILES string of the molecule is O=C1CC(SSSSC2CC(=O)NC2=O)C(=O)N1. The van der Waals surface area contributed by atoms with Crippen molar-refractivity contribution in [3.05, 3.63) is 0 Å². The molecule has 0 spiro atoms. The smallest absolute Gasteiger partial charge is 0.241 e. The Hall–Kier alpha value is -0.320. The van der Waals surface area contributed by atoms with Crippen LogP contribution in [0.25, 0.3) is 0 Å². The summed E-state index contributed by atoms with van der Waals surface area (Å²) >= 11 is 0. The Bertz CT molecular complexity index is 378. The van der Waals surface area contributed by atoms with Gasteiger partial charge in [-0.05, 0) is 19.7 Å².